The van der Waals surface area contributed by atoms with Gasteiger partial charge in [-0.25, -0.2) is 6.07 Å². The van der Waals surface area contributed by atoms with Crippen molar-refractivity contribution in [3.05, 3.63) is 58.6 Å². The number of hydrogen-bond acceptors (Lipinski definition) is 0. The zero-order valence-electron chi connectivity index (χ0n) is 6.73. The summed E-state index contributed by atoms with van der Waals surface area (Å²) in [6.07, 6.45) is 0. The van der Waals surface area contributed by atoms with Gasteiger partial charge in [0.25, 0.3) is 0 Å². The molecular weight excluding hydrogens is 247 g/mol. The van der Waals surface area contributed by atoms with E-state index in [1.54, 1.807) is 12.1 Å². The third kappa shape index (κ3) is 5.17. The van der Waals surface area contributed by atoms with Crippen LogP contribution in [-0.2, 0) is 17.1 Å². The molecule has 0 aliphatic heterocycles. The molecule has 2 aromatic rings. The Labute approximate surface area is 98.7 Å². The molecule has 0 fully saturated rings. The average molecular weight is 255 g/mol. The number of halogens is 2. The van der Waals surface area contributed by atoms with Crippen molar-refractivity contribution in [1.29, 1.82) is 0 Å². The molecule has 0 atom stereocenters. The van der Waals surface area contributed by atoms with E-state index in [1.165, 1.54) is 0 Å². The maximum Gasteiger partial charge on any atom is 0 e. The molecule has 0 bridgehead atoms. The van der Waals surface area contributed by atoms with E-state index in [-0.39, 0.29) is 17.1 Å². The van der Waals surface area contributed by atoms with E-state index in [0.717, 1.165) is 0 Å². The molecule has 0 heterocycles. The van der Waals surface area contributed by atoms with Gasteiger partial charge in [-0.2, -0.15) is 23.7 Å². The van der Waals surface area contributed by atoms with Crippen LogP contribution in [0.1, 0.15) is 0 Å². The third-order valence-corrected chi connectivity index (χ3v) is 2.02. The molecule has 0 saturated heterocycles. The minimum atomic E-state index is 0. The fourth-order valence-electron chi connectivity index (χ4n) is 0.697. The standard InChI is InChI=1S/C5H3Cl2.C5H5.Fe/c6-4-2-1-3-5(4)7;1-2-4-5-3-1;/h1-3H;1-5H;/q-1;-5;. The Bertz CT molecular complexity index is 265. The Kier molecular flexibility index (Phi) is 7.12. The Morgan fingerprint density at radius 2 is 1.54 bits per heavy atom. The van der Waals surface area contributed by atoms with Crippen LogP contribution in [-0.4, -0.2) is 0 Å². The first-order chi connectivity index (χ1) is 5.80. The van der Waals surface area contributed by atoms with Gasteiger partial charge in [0, 0.05) is 17.1 Å². The van der Waals surface area contributed by atoms with Gasteiger partial charge in [-0.1, -0.05) is 10.0 Å². The fourth-order valence-corrected chi connectivity index (χ4v) is 0.969. The fraction of sp³-hybridized carbons (Fsp3) is 0. The molecule has 0 aliphatic rings. The van der Waals surface area contributed by atoms with Crippen molar-refractivity contribution < 1.29 is 17.1 Å². The molecule has 0 spiro atoms. The molecule has 3 heteroatoms. The topological polar surface area (TPSA) is 0 Å². The van der Waals surface area contributed by atoms with Crippen LogP contribution in [0.15, 0.2) is 48.5 Å². The molecule has 76 valence electrons. The maximum absolute atomic E-state index is 5.49. The quantitative estimate of drug-likeness (QED) is 0.490. The first-order valence-electron chi connectivity index (χ1n) is 3.54. The summed E-state index contributed by atoms with van der Waals surface area (Å²) in [4.78, 5) is 0. The summed E-state index contributed by atoms with van der Waals surface area (Å²) in [6.45, 7) is 0. The van der Waals surface area contributed by atoms with E-state index in [2.05, 4.69) is 0 Å². The predicted molar refractivity (Wildman–Crippen MR) is 54.1 cm³/mol. The van der Waals surface area contributed by atoms with Gasteiger partial charge in [0.05, 0.1) is 0 Å². The summed E-state index contributed by atoms with van der Waals surface area (Å²) in [5, 5.41) is 1.25. The van der Waals surface area contributed by atoms with Crippen molar-refractivity contribution in [2.24, 2.45) is 0 Å². The van der Waals surface area contributed by atoms with Gasteiger partial charge >= 0.3 is 0 Å². The van der Waals surface area contributed by atoms with Crippen molar-refractivity contribution in [2.45, 2.75) is 0 Å². The Balaban J connectivity index is 0.000000215. The van der Waals surface area contributed by atoms with Crippen molar-refractivity contribution in [2.75, 3.05) is 0 Å². The molecule has 0 nitrogen and oxygen atoms in total. The van der Waals surface area contributed by atoms with Crippen LogP contribution in [0, 0.1) is 0 Å². The maximum atomic E-state index is 5.49. The molecule has 0 saturated carbocycles. The minimum Gasteiger partial charge on any atom is -0.748 e. The summed E-state index contributed by atoms with van der Waals surface area (Å²) >= 11 is 11.0. The number of rotatable bonds is 0. The van der Waals surface area contributed by atoms with E-state index in [1.807, 2.05) is 36.4 Å². The van der Waals surface area contributed by atoms with Gasteiger partial charge in [0.2, 0.25) is 0 Å². The van der Waals surface area contributed by atoms with Crippen molar-refractivity contribution in [1.82, 2.24) is 0 Å². The van der Waals surface area contributed by atoms with E-state index < -0.39 is 0 Å². The van der Waals surface area contributed by atoms with Crippen LogP contribution in [0.4, 0.5) is 0 Å². The molecule has 13 heavy (non-hydrogen) atoms. The van der Waals surface area contributed by atoms with E-state index in [4.69, 9.17) is 23.2 Å². The van der Waals surface area contributed by atoms with Crippen LogP contribution in [0.5, 0.6) is 0 Å². The molecule has 2 rings (SSSR count). The monoisotopic (exact) mass is 254 g/mol. The minimum absolute atomic E-state index is 0. The van der Waals surface area contributed by atoms with Crippen LogP contribution >= 0.6 is 23.2 Å². The molecule has 0 amide bonds. The summed E-state index contributed by atoms with van der Waals surface area (Å²) < 4.78 is 0. The predicted octanol–water partition coefficient (Wildman–Crippen LogP) is 4.12. The van der Waals surface area contributed by atoms with E-state index in [0.29, 0.717) is 10.0 Å². The Morgan fingerprint density at radius 1 is 1.08 bits per heavy atom. The van der Waals surface area contributed by atoms with Gasteiger partial charge in [-0.3, -0.25) is 0 Å². The molecule has 0 radical (unpaired) electrons. The molecule has 2 aromatic carbocycles. The van der Waals surface area contributed by atoms with Crippen LogP contribution in [0.2, 0.25) is 10.0 Å². The van der Waals surface area contributed by atoms with Gasteiger partial charge in [0.15, 0.2) is 0 Å². The van der Waals surface area contributed by atoms with Crippen LogP contribution in [0.3, 0.4) is 0 Å². The molecule has 0 unspecified atom stereocenters. The molecule has 0 N–H and O–H groups in total. The smallest absolute Gasteiger partial charge is 0 e. The van der Waals surface area contributed by atoms with Gasteiger partial charge < -0.3 is 30.3 Å². The second kappa shape index (κ2) is 7.23. The second-order valence-corrected chi connectivity index (χ2v) is 3.00. The number of hydrogen-bond donors (Lipinski definition) is 0. The van der Waals surface area contributed by atoms with Crippen molar-refractivity contribution >= 4 is 23.2 Å². The van der Waals surface area contributed by atoms with Crippen molar-refractivity contribution in [3.63, 3.8) is 0 Å². The zero-order chi connectivity index (χ0) is 8.81. The first-order valence-corrected chi connectivity index (χ1v) is 4.29. The molecular formula is C10H8Cl2Fe-6. The Morgan fingerprint density at radius 3 is 1.69 bits per heavy atom. The van der Waals surface area contributed by atoms with Crippen molar-refractivity contribution in [3.8, 4) is 0 Å². The summed E-state index contributed by atoms with van der Waals surface area (Å²) in [5.74, 6) is 0. The van der Waals surface area contributed by atoms with Gasteiger partial charge in [-0.05, 0) is 0 Å². The van der Waals surface area contributed by atoms with E-state index >= 15 is 0 Å². The van der Waals surface area contributed by atoms with Gasteiger partial charge in [-0.15, -0.1) is 11.6 Å². The summed E-state index contributed by atoms with van der Waals surface area (Å²) in [7, 11) is 0. The summed E-state index contributed by atoms with van der Waals surface area (Å²) in [5.41, 5.74) is 0. The average Bonchev–Trinajstić information content (AvgIpc) is 2.67. The second-order valence-electron chi connectivity index (χ2n) is 2.18. The van der Waals surface area contributed by atoms with Gasteiger partial charge in [0.1, 0.15) is 0 Å². The van der Waals surface area contributed by atoms with Crippen LogP contribution in [0.25, 0.3) is 0 Å². The SMILES string of the molecule is Clc1ccc[c-]1Cl.[Fe].[cH-]1[cH-][cH-][cH-][cH-]1. The van der Waals surface area contributed by atoms with Crippen LogP contribution < -0.4 is 0 Å². The zero-order valence-corrected chi connectivity index (χ0v) is 9.34. The third-order valence-electron chi connectivity index (χ3n) is 1.27. The largest absolute Gasteiger partial charge is 0.748 e. The normalized spacial score (nSPS) is 8.15. The van der Waals surface area contributed by atoms with E-state index in [9.17, 15) is 0 Å². The summed E-state index contributed by atoms with van der Waals surface area (Å²) in [6, 6.07) is 15.3. The molecule has 0 aliphatic carbocycles. The Hall–Kier alpha value is -0.201. The molecule has 0 aromatic heterocycles. The first kappa shape index (κ1) is 12.8.